The van der Waals surface area contributed by atoms with E-state index in [1.807, 2.05) is 0 Å². The standard InChI is InChI=1S/C22H30N2/c1-23-14-7-12-20(23)13-15-24(21-10-3-2-4-11-21)22-16-18-8-5-6-9-19(18)17-22/h3,5-6,8-11,20,22H,2,4,7,12-17H2,1H3. The summed E-state index contributed by atoms with van der Waals surface area (Å²) >= 11 is 0. The minimum absolute atomic E-state index is 0.642. The maximum absolute atomic E-state index is 2.72. The van der Waals surface area contributed by atoms with E-state index in [0.717, 1.165) is 6.04 Å². The van der Waals surface area contributed by atoms with Crippen LogP contribution >= 0.6 is 0 Å². The topological polar surface area (TPSA) is 6.48 Å². The van der Waals surface area contributed by atoms with Crippen LogP contribution in [-0.2, 0) is 12.8 Å². The van der Waals surface area contributed by atoms with E-state index in [1.165, 1.54) is 63.7 Å². The number of hydrogen-bond donors (Lipinski definition) is 0. The van der Waals surface area contributed by atoms with Gasteiger partial charge >= 0.3 is 0 Å². The fourth-order valence-electron chi connectivity index (χ4n) is 4.72. The number of fused-ring (bicyclic) bond motifs is 1. The minimum Gasteiger partial charge on any atom is -0.368 e. The Bertz CT molecular complexity index is 606. The van der Waals surface area contributed by atoms with Gasteiger partial charge in [0, 0.05) is 24.3 Å². The average molecular weight is 322 g/mol. The first kappa shape index (κ1) is 16.0. The van der Waals surface area contributed by atoms with Gasteiger partial charge in [0.1, 0.15) is 0 Å². The molecule has 0 bridgehead atoms. The van der Waals surface area contributed by atoms with Crippen molar-refractivity contribution in [1.29, 1.82) is 0 Å². The van der Waals surface area contributed by atoms with Crippen LogP contribution in [0.15, 0.2) is 48.2 Å². The predicted molar refractivity (Wildman–Crippen MR) is 101 cm³/mol. The Balaban J connectivity index is 1.48. The van der Waals surface area contributed by atoms with Gasteiger partial charge in [0.15, 0.2) is 0 Å². The fourth-order valence-corrected chi connectivity index (χ4v) is 4.72. The lowest BCUT2D eigenvalue weighted by atomic mass is 10.0. The van der Waals surface area contributed by atoms with Gasteiger partial charge in [0.05, 0.1) is 0 Å². The normalized spacial score (nSPS) is 24.2. The van der Waals surface area contributed by atoms with E-state index in [4.69, 9.17) is 0 Å². The molecule has 1 heterocycles. The number of likely N-dealkylation sites (tertiary alicyclic amines) is 1. The van der Waals surface area contributed by atoms with E-state index >= 15 is 0 Å². The van der Waals surface area contributed by atoms with Crippen LogP contribution in [0.2, 0.25) is 0 Å². The van der Waals surface area contributed by atoms with Crippen molar-refractivity contribution >= 4 is 0 Å². The number of nitrogens with zero attached hydrogens (tertiary/aromatic N) is 2. The van der Waals surface area contributed by atoms with Crippen LogP contribution in [-0.4, -0.2) is 42.0 Å². The molecule has 128 valence electrons. The van der Waals surface area contributed by atoms with Gasteiger partial charge in [-0.2, -0.15) is 0 Å². The largest absolute Gasteiger partial charge is 0.368 e. The zero-order valence-electron chi connectivity index (χ0n) is 15.0. The van der Waals surface area contributed by atoms with Gasteiger partial charge in [-0.1, -0.05) is 36.4 Å². The molecule has 24 heavy (non-hydrogen) atoms. The van der Waals surface area contributed by atoms with Crippen LogP contribution in [0.25, 0.3) is 0 Å². The van der Waals surface area contributed by atoms with Gasteiger partial charge in [-0.3, -0.25) is 0 Å². The van der Waals surface area contributed by atoms with Gasteiger partial charge in [-0.05, 0) is 75.7 Å². The van der Waals surface area contributed by atoms with Gasteiger partial charge in [0.2, 0.25) is 0 Å². The molecule has 0 saturated carbocycles. The highest BCUT2D eigenvalue weighted by atomic mass is 15.2. The molecule has 1 aliphatic heterocycles. The average Bonchev–Trinajstić information content (AvgIpc) is 3.22. The number of benzene rings is 1. The van der Waals surface area contributed by atoms with Crippen molar-refractivity contribution in [2.45, 2.75) is 57.0 Å². The smallest absolute Gasteiger partial charge is 0.0370 e. The van der Waals surface area contributed by atoms with Crippen LogP contribution in [0.5, 0.6) is 0 Å². The van der Waals surface area contributed by atoms with E-state index in [-0.39, 0.29) is 0 Å². The second-order valence-corrected chi connectivity index (χ2v) is 7.70. The van der Waals surface area contributed by atoms with Crippen molar-refractivity contribution in [1.82, 2.24) is 9.80 Å². The Hall–Kier alpha value is -1.54. The summed E-state index contributed by atoms with van der Waals surface area (Å²) in [6.45, 7) is 2.48. The highest BCUT2D eigenvalue weighted by Gasteiger charge is 2.29. The SMILES string of the molecule is CN1CCCC1CCN(C1=CCCC=C1)C1Cc2ccccc2C1. The highest BCUT2D eigenvalue weighted by molar-refractivity contribution is 5.35. The Morgan fingerprint density at radius 2 is 1.92 bits per heavy atom. The van der Waals surface area contributed by atoms with E-state index in [2.05, 4.69) is 59.3 Å². The van der Waals surface area contributed by atoms with E-state index in [1.54, 1.807) is 11.1 Å². The van der Waals surface area contributed by atoms with Crippen molar-refractivity contribution in [2.24, 2.45) is 0 Å². The van der Waals surface area contributed by atoms with Crippen molar-refractivity contribution in [3.63, 3.8) is 0 Å². The summed E-state index contributed by atoms with van der Waals surface area (Å²) < 4.78 is 0. The van der Waals surface area contributed by atoms with Crippen molar-refractivity contribution < 1.29 is 0 Å². The molecule has 0 aromatic heterocycles. The Kier molecular flexibility index (Phi) is 4.75. The second kappa shape index (κ2) is 7.14. The summed E-state index contributed by atoms with van der Waals surface area (Å²) in [6, 6.07) is 10.5. The summed E-state index contributed by atoms with van der Waals surface area (Å²) in [5.74, 6) is 0. The molecule has 0 spiro atoms. The van der Waals surface area contributed by atoms with Crippen LogP contribution in [0.1, 0.15) is 43.2 Å². The van der Waals surface area contributed by atoms with E-state index in [9.17, 15) is 0 Å². The highest BCUT2D eigenvalue weighted by Crippen LogP contribution is 2.30. The lowest BCUT2D eigenvalue weighted by molar-refractivity contribution is 0.219. The van der Waals surface area contributed by atoms with E-state index in [0.29, 0.717) is 6.04 Å². The molecule has 1 saturated heterocycles. The van der Waals surface area contributed by atoms with Gasteiger partial charge in [0.25, 0.3) is 0 Å². The summed E-state index contributed by atoms with van der Waals surface area (Å²) in [7, 11) is 2.30. The van der Waals surface area contributed by atoms with Crippen molar-refractivity contribution in [3.05, 3.63) is 59.3 Å². The summed E-state index contributed by atoms with van der Waals surface area (Å²) in [5.41, 5.74) is 4.59. The lowest BCUT2D eigenvalue weighted by Gasteiger charge is -2.34. The molecule has 1 unspecified atom stereocenters. The molecular weight excluding hydrogens is 292 g/mol. The maximum atomic E-state index is 2.72. The zero-order valence-corrected chi connectivity index (χ0v) is 15.0. The molecule has 3 aliphatic rings. The Labute approximate surface area is 146 Å². The van der Waals surface area contributed by atoms with Crippen LogP contribution in [0.3, 0.4) is 0 Å². The Morgan fingerprint density at radius 3 is 2.54 bits per heavy atom. The Morgan fingerprint density at radius 1 is 1.12 bits per heavy atom. The molecule has 0 N–H and O–H groups in total. The number of allylic oxidation sites excluding steroid dienone is 3. The quantitative estimate of drug-likeness (QED) is 0.802. The van der Waals surface area contributed by atoms with Crippen LogP contribution in [0.4, 0.5) is 0 Å². The monoisotopic (exact) mass is 322 g/mol. The molecule has 2 heteroatoms. The summed E-state index contributed by atoms with van der Waals surface area (Å²) in [4.78, 5) is 5.29. The fraction of sp³-hybridized carbons (Fsp3) is 0.545. The van der Waals surface area contributed by atoms with Crippen LogP contribution in [0, 0.1) is 0 Å². The first-order valence-corrected chi connectivity index (χ1v) is 9.71. The number of rotatable bonds is 5. The second-order valence-electron chi connectivity index (χ2n) is 7.70. The molecule has 1 fully saturated rings. The van der Waals surface area contributed by atoms with Crippen molar-refractivity contribution in [2.75, 3.05) is 20.1 Å². The van der Waals surface area contributed by atoms with E-state index < -0.39 is 0 Å². The lowest BCUT2D eigenvalue weighted by Crippen LogP contribution is -2.38. The third-order valence-electron chi connectivity index (χ3n) is 6.15. The molecular formula is C22H30N2. The molecule has 2 nitrogen and oxygen atoms in total. The predicted octanol–water partition coefficient (Wildman–Crippen LogP) is 4.17. The maximum Gasteiger partial charge on any atom is 0.0370 e. The summed E-state index contributed by atoms with van der Waals surface area (Å²) in [5, 5.41) is 0. The summed E-state index contributed by atoms with van der Waals surface area (Å²) in [6.07, 6.45) is 16.1. The molecule has 0 amide bonds. The molecule has 4 rings (SSSR count). The van der Waals surface area contributed by atoms with Crippen molar-refractivity contribution in [3.8, 4) is 0 Å². The molecule has 1 aromatic rings. The third-order valence-corrected chi connectivity index (χ3v) is 6.15. The molecule has 2 aliphatic carbocycles. The third kappa shape index (κ3) is 3.30. The zero-order chi connectivity index (χ0) is 16.4. The first-order chi connectivity index (χ1) is 11.8. The van der Waals surface area contributed by atoms with Gasteiger partial charge in [-0.25, -0.2) is 0 Å². The van der Waals surface area contributed by atoms with Gasteiger partial charge < -0.3 is 9.80 Å². The molecule has 1 atom stereocenters. The number of hydrogen-bond acceptors (Lipinski definition) is 2. The first-order valence-electron chi connectivity index (χ1n) is 9.71. The van der Waals surface area contributed by atoms with Crippen LogP contribution < -0.4 is 0 Å². The molecule has 1 aromatic carbocycles. The molecule has 0 radical (unpaired) electrons. The minimum atomic E-state index is 0.642. The van der Waals surface area contributed by atoms with Gasteiger partial charge in [-0.15, -0.1) is 0 Å².